The molecule has 0 unspecified atom stereocenters. The van der Waals surface area contributed by atoms with E-state index in [0.717, 1.165) is 44.6 Å². The van der Waals surface area contributed by atoms with Crippen LogP contribution < -0.4 is 10.2 Å². The quantitative estimate of drug-likeness (QED) is 0.333. The van der Waals surface area contributed by atoms with Crippen LogP contribution >= 0.6 is 0 Å². The molecule has 186 valence electrons. The first-order valence-corrected chi connectivity index (χ1v) is 12.4. The molecular formula is C27H34N4O4. The maximum atomic E-state index is 12.8. The lowest BCUT2D eigenvalue weighted by atomic mass is 9.99. The molecule has 2 aliphatic rings. The van der Waals surface area contributed by atoms with Gasteiger partial charge < -0.3 is 15.0 Å². The van der Waals surface area contributed by atoms with Gasteiger partial charge in [0.1, 0.15) is 5.56 Å². The van der Waals surface area contributed by atoms with Crippen LogP contribution in [0.2, 0.25) is 0 Å². The Kier molecular flexibility index (Phi) is 8.50. The van der Waals surface area contributed by atoms with Crippen molar-refractivity contribution in [2.75, 3.05) is 57.4 Å². The van der Waals surface area contributed by atoms with Crippen molar-refractivity contribution in [2.24, 2.45) is 0 Å². The molecule has 0 spiro atoms. The lowest BCUT2D eigenvalue weighted by Gasteiger charge is -2.30. The largest absolute Gasteiger partial charge is 0.378 e. The number of hydrogen-bond acceptors (Lipinski definition) is 6. The second-order valence-electron chi connectivity index (χ2n) is 9.07. The number of nitrogens with one attached hydrogen (secondary N) is 1. The number of morpholine rings is 1. The van der Waals surface area contributed by atoms with Crippen LogP contribution in [0.15, 0.2) is 48.5 Å². The van der Waals surface area contributed by atoms with Gasteiger partial charge in [-0.1, -0.05) is 36.4 Å². The van der Waals surface area contributed by atoms with Crippen molar-refractivity contribution in [3.05, 3.63) is 75.3 Å². The van der Waals surface area contributed by atoms with Crippen LogP contribution in [0.25, 0.3) is 5.57 Å². The first kappa shape index (κ1) is 24.9. The van der Waals surface area contributed by atoms with Gasteiger partial charge in [0, 0.05) is 38.4 Å². The van der Waals surface area contributed by atoms with E-state index >= 15 is 0 Å². The van der Waals surface area contributed by atoms with E-state index in [1.54, 1.807) is 13.0 Å². The molecule has 1 amide bonds. The molecule has 0 aromatic heterocycles. The molecule has 0 bridgehead atoms. The summed E-state index contributed by atoms with van der Waals surface area (Å²) in [5.74, 6) is -0.387. The smallest absolute Gasteiger partial charge is 0.287 e. The zero-order valence-corrected chi connectivity index (χ0v) is 20.4. The van der Waals surface area contributed by atoms with Crippen LogP contribution in [0.5, 0.6) is 0 Å². The maximum absolute atomic E-state index is 12.8. The Balaban J connectivity index is 1.25. The number of hydrogen-bond donors (Lipinski definition) is 1. The van der Waals surface area contributed by atoms with E-state index in [-0.39, 0.29) is 17.2 Å². The minimum absolute atomic E-state index is 0.110. The Hall–Kier alpha value is -3.23. The minimum atomic E-state index is -0.443. The molecule has 0 atom stereocenters. The van der Waals surface area contributed by atoms with Gasteiger partial charge in [0.25, 0.3) is 11.6 Å². The fraction of sp³-hybridized carbons (Fsp3) is 0.444. The predicted octanol–water partition coefficient (Wildman–Crippen LogP) is 4.04. The summed E-state index contributed by atoms with van der Waals surface area (Å²) in [6.07, 6.45) is 5.15. The van der Waals surface area contributed by atoms with Gasteiger partial charge in [-0.3, -0.25) is 19.8 Å². The van der Waals surface area contributed by atoms with Crippen molar-refractivity contribution < 1.29 is 14.5 Å². The number of carbonyl (C=O) groups is 1. The van der Waals surface area contributed by atoms with Gasteiger partial charge in [-0.05, 0) is 56.0 Å². The van der Waals surface area contributed by atoms with Crippen LogP contribution in [-0.4, -0.2) is 68.2 Å². The van der Waals surface area contributed by atoms with E-state index in [0.29, 0.717) is 38.4 Å². The number of ether oxygens (including phenoxy) is 1. The maximum Gasteiger partial charge on any atom is 0.287 e. The van der Waals surface area contributed by atoms with Gasteiger partial charge in [-0.15, -0.1) is 0 Å². The van der Waals surface area contributed by atoms with E-state index in [2.05, 4.69) is 45.5 Å². The summed E-state index contributed by atoms with van der Waals surface area (Å²) < 4.78 is 5.38. The average molecular weight is 479 g/mol. The first-order chi connectivity index (χ1) is 17.0. The van der Waals surface area contributed by atoms with Crippen molar-refractivity contribution in [1.82, 2.24) is 10.2 Å². The molecule has 1 fully saturated rings. The third-order valence-electron chi connectivity index (χ3n) is 6.81. The van der Waals surface area contributed by atoms with Crippen LogP contribution in [-0.2, 0) is 4.74 Å². The molecule has 35 heavy (non-hydrogen) atoms. The highest BCUT2D eigenvalue weighted by Gasteiger charge is 2.27. The molecule has 2 heterocycles. The summed E-state index contributed by atoms with van der Waals surface area (Å²) in [6, 6.07) is 13.9. The van der Waals surface area contributed by atoms with Crippen molar-refractivity contribution in [3.63, 3.8) is 0 Å². The number of amides is 1. The third kappa shape index (κ3) is 6.26. The monoisotopic (exact) mass is 478 g/mol. The fourth-order valence-electron chi connectivity index (χ4n) is 4.84. The highest BCUT2D eigenvalue weighted by atomic mass is 16.6. The van der Waals surface area contributed by atoms with Crippen LogP contribution in [0, 0.1) is 17.0 Å². The van der Waals surface area contributed by atoms with Gasteiger partial charge in [-0.2, -0.15) is 0 Å². The summed E-state index contributed by atoms with van der Waals surface area (Å²) >= 11 is 0. The van der Waals surface area contributed by atoms with Crippen LogP contribution in [0.1, 0.15) is 40.7 Å². The zero-order valence-electron chi connectivity index (χ0n) is 20.4. The van der Waals surface area contributed by atoms with Crippen molar-refractivity contribution in [3.8, 4) is 0 Å². The zero-order chi connectivity index (χ0) is 24.6. The molecule has 2 aliphatic heterocycles. The Morgan fingerprint density at radius 2 is 1.86 bits per heavy atom. The summed E-state index contributed by atoms with van der Waals surface area (Å²) in [5, 5.41) is 14.7. The Morgan fingerprint density at radius 1 is 1.09 bits per heavy atom. The van der Waals surface area contributed by atoms with Crippen molar-refractivity contribution in [1.29, 1.82) is 0 Å². The standard InChI is InChI=1S/C27H34N4O4/c1-21-25(30-17-19-35-20-18-30)10-9-24(26(21)31(33)34)27(32)28-13-5-6-14-29-15-11-23(12-16-29)22-7-3-2-4-8-22/h2-4,7-11H,5-6,12-20H2,1H3,(H,28,32). The molecule has 8 heteroatoms. The third-order valence-corrected chi connectivity index (χ3v) is 6.81. The predicted molar refractivity (Wildman–Crippen MR) is 138 cm³/mol. The minimum Gasteiger partial charge on any atom is -0.378 e. The highest BCUT2D eigenvalue weighted by molar-refractivity contribution is 5.99. The normalized spacial score (nSPS) is 16.6. The van der Waals surface area contributed by atoms with E-state index in [1.165, 1.54) is 11.1 Å². The molecule has 4 rings (SSSR count). The number of nitro benzene ring substituents is 1. The topological polar surface area (TPSA) is 88.0 Å². The van der Waals surface area contributed by atoms with E-state index in [4.69, 9.17) is 4.74 Å². The number of anilines is 1. The van der Waals surface area contributed by atoms with Gasteiger partial charge in [0.05, 0.1) is 23.7 Å². The number of rotatable bonds is 9. The first-order valence-electron chi connectivity index (χ1n) is 12.4. The second-order valence-corrected chi connectivity index (χ2v) is 9.07. The average Bonchev–Trinajstić information content (AvgIpc) is 2.89. The van der Waals surface area contributed by atoms with Crippen molar-refractivity contribution in [2.45, 2.75) is 26.2 Å². The van der Waals surface area contributed by atoms with Gasteiger partial charge in [-0.25, -0.2) is 0 Å². The Bertz CT molecular complexity index is 1060. The molecule has 0 saturated carbocycles. The van der Waals surface area contributed by atoms with Gasteiger partial charge in [0.15, 0.2) is 0 Å². The molecule has 0 radical (unpaired) electrons. The molecule has 0 aliphatic carbocycles. The second kappa shape index (κ2) is 12.0. The highest BCUT2D eigenvalue weighted by Crippen LogP contribution is 2.32. The summed E-state index contributed by atoms with van der Waals surface area (Å²) in [7, 11) is 0. The van der Waals surface area contributed by atoms with Gasteiger partial charge >= 0.3 is 0 Å². The molecular weight excluding hydrogens is 444 g/mol. The number of unbranched alkanes of at least 4 members (excludes halogenated alkanes) is 1. The molecule has 2 aromatic rings. The number of nitrogens with zero attached hydrogens (tertiary/aromatic N) is 3. The Morgan fingerprint density at radius 3 is 2.54 bits per heavy atom. The van der Waals surface area contributed by atoms with Gasteiger partial charge in [0.2, 0.25) is 0 Å². The SMILES string of the molecule is Cc1c(N2CCOCC2)ccc(C(=O)NCCCCN2CC=C(c3ccccc3)CC2)c1[N+](=O)[O-]. The van der Waals surface area contributed by atoms with E-state index in [9.17, 15) is 14.9 Å². The molecule has 8 nitrogen and oxygen atoms in total. The van der Waals surface area contributed by atoms with E-state index in [1.807, 2.05) is 12.1 Å². The van der Waals surface area contributed by atoms with E-state index < -0.39 is 4.92 Å². The molecule has 2 aromatic carbocycles. The molecule has 1 N–H and O–H groups in total. The van der Waals surface area contributed by atoms with Crippen LogP contribution in [0.4, 0.5) is 11.4 Å². The molecule has 1 saturated heterocycles. The van der Waals surface area contributed by atoms with Crippen molar-refractivity contribution >= 4 is 22.9 Å². The summed E-state index contributed by atoms with van der Waals surface area (Å²) in [4.78, 5) is 28.7. The lowest BCUT2D eigenvalue weighted by Crippen LogP contribution is -2.37. The summed E-state index contributed by atoms with van der Waals surface area (Å²) in [5.41, 5.74) is 4.04. The van der Waals surface area contributed by atoms with Crippen LogP contribution in [0.3, 0.4) is 0 Å². The Labute approximate surface area is 206 Å². The number of carbonyl (C=O) groups excluding carboxylic acids is 1. The summed E-state index contributed by atoms with van der Waals surface area (Å²) in [6.45, 7) is 7.73. The lowest BCUT2D eigenvalue weighted by molar-refractivity contribution is -0.385. The number of benzene rings is 2. The fourth-order valence-corrected chi connectivity index (χ4v) is 4.84. The number of nitro groups is 1.